The van der Waals surface area contributed by atoms with E-state index in [0.717, 1.165) is 12.0 Å². The van der Waals surface area contributed by atoms with Crippen LogP contribution in [0.1, 0.15) is 47.7 Å². The molecule has 0 aliphatic heterocycles. The number of benzene rings is 2. The van der Waals surface area contributed by atoms with Crippen molar-refractivity contribution in [2.24, 2.45) is 0 Å². The molecule has 8 heteroatoms. The summed E-state index contributed by atoms with van der Waals surface area (Å²) in [4.78, 5) is 24.5. The minimum Gasteiger partial charge on any atom is -0.494 e. The van der Waals surface area contributed by atoms with E-state index in [1.165, 1.54) is 0 Å². The van der Waals surface area contributed by atoms with E-state index in [9.17, 15) is 18.0 Å². The maximum absolute atomic E-state index is 12.4. The quantitative estimate of drug-likeness (QED) is 0.385. The smallest absolute Gasteiger partial charge is 0.240 e. The van der Waals surface area contributed by atoms with Gasteiger partial charge in [0.2, 0.25) is 15.9 Å². The second-order valence-corrected chi connectivity index (χ2v) is 9.05. The number of rotatable bonds is 12. The number of hydrogen-bond acceptors (Lipinski definition) is 5. The van der Waals surface area contributed by atoms with Crippen LogP contribution in [0.4, 0.5) is 0 Å². The van der Waals surface area contributed by atoms with Gasteiger partial charge in [-0.15, -0.1) is 0 Å². The molecule has 168 valence electrons. The van der Waals surface area contributed by atoms with Crippen molar-refractivity contribution in [1.82, 2.24) is 10.0 Å². The Bertz CT molecular complexity index is 1000. The first kappa shape index (κ1) is 24.6. The molecule has 0 aromatic heterocycles. The molecule has 2 N–H and O–H groups in total. The molecule has 2 aromatic rings. The molecule has 0 heterocycles. The molecule has 0 saturated carbocycles. The lowest BCUT2D eigenvalue weighted by Crippen LogP contribution is -2.35. The van der Waals surface area contributed by atoms with Crippen LogP contribution < -0.4 is 14.8 Å². The van der Waals surface area contributed by atoms with Crippen molar-refractivity contribution in [3.05, 3.63) is 59.2 Å². The van der Waals surface area contributed by atoms with E-state index in [1.54, 1.807) is 43.3 Å². The number of Topliss-reactive ketones (excluding diaryl/α,β-unsaturated/α-hetero) is 1. The van der Waals surface area contributed by atoms with Crippen molar-refractivity contribution in [3.8, 4) is 5.75 Å². The van der Waals surface area contributed by atoms with Gasteiger partial charge >= 0.3 is 0 Å². The summed E-state index contributed by atoms with van der Waals surface area (Å²) in [5.41, 5.74) is 2.04. The van der Waals surface area contributed by atoms with Gasteiger partial charge in [0, 0.05) is 31.5 Å². The summed E-state index contributed by atoms with van der Waals surface area (Å²) in [6.45, 7) is 6.40. The predicted molar refractivity (Wildman–Crippen MR) is 120 cm³/mol. The normalized spacial score (nSPS) is 11.2. The van der Waals surface area contributed by atoms with Crippen LogP contribution in [0.25, 0.3) is 0 Å². The van der Waals surface area contributed by atoms with Crippen LogP contribution >= 0.6 is 0 Å². The van der Waals surface area contributed by atoms with Crippen LogP contribution in [-0.4, -0.2) is 39.8 Å². The van der Waals surface area contributed by atoms with E-state index in [1.807, 2.05) is 19.9 Å². The third kappa shape index (κ3) is 7.80. The maximum Gasteiger partial charge on any atom is 0.240 e. The molecule has 0 radical (unpaired) electrons. The first-order chi connectivity index (χ1) is 14.7. The Morgan fingerprint density at radius 2 is 1.68 bits per heavy atom. The molecule has 0 unspecified atom stereocenters. The topological polar surface area (TPSA) is 102 Å². The fourth-order valence-electron chi connectivity index (χ4n) is 2.88. The van der Waals surface area contributed by atoms with Crippen molar-refractivity contribution in [1.29, 1.82) is 0 Å². The van der Waals surface area contributed by atoms with Gasteiger partial charge in [0.25, 0.3) is 0 Å². The Morgan fingerprint density at radius 1 is 0.968 bits per heavy atom. The van der Waals surface area contributed by atoms with E-state index >= 15 is 0 Å². The number of carbonyl (C=O) groups is 2. The van der Waals surface area contributed by atoms with Crippen LogP contribution in [0.5, 0.6) is 5.75 Å². The number of hydrogen-bond donors (Lipinski definition) is 2. The molecule has 0 bridgehead atoms. The van der Waals surface area contributed by atoms with Crippen molar-refractivity contribution in [2.45, 2.75) is 44.9 Å². The average Bonchev–Trinajstić information content (AvgIpc) is 2.75. The average molecular weight is 447 g/mol. The SMILES string of the molecule is CCCOc1ccc(C(=O)CCC(=O)NCCNS(=O)(=O)c2cc(C)ccc2C)cc1. The number of ether oxygens (including phenoxy) is 1. The van der Waals surface area contributed by atoms with Crippen LogP contribution in [0, 0.1) is 13.8 Å². The first-order valence-electron chi connectivity index (χ1n) is 10.3. The summed E-state index contributed by atoms with van der Waals surface area (Å²) >= 11 is 0. The van der Waals surface area contributed by atoms with Gasteiger partial charge in [0.05, 0.1) is 11.5 Å². The summed E-state index contributed by atoms with van der Waals surface area (Å²) in [5, 5.41) is 2.63. The Labute approximate surface area is 184 Å². The third-order valence-corrected chi connectivity index (χ3v) is 6.20. The van der Waals surface area contributed by atoms with Crippen LogP contribution in [0.15, 0.2) is 47.4 Å². The molecule has 1 amide bonds. The van der Waals surface area contributed by atoms with Gasteiger partial charge in [0.1, 0.15) is 5.75 Å². The lowest BCUT2D eigenvalue weighted by atomic mass is 10.1. The molecule has 0 atom stereocenters. The number of amides is 1. The van der Waals surface area contributed by atoms with Crippen molar-refractivity contribution < 1.29 is 22.7 Å². The Kier molecular flexibility index (Phi) is 9.21. The largest absolute Gasteiger partial charge is 0.494 e. The van der Waals surface area contributed by atoms with Crippen molar-refractivity contribution in [3.63, 3.8) is 0 Å². The number of sulfonamides is 1. The summed E-state index contributed by atoms with van der Waals surface area (Å²) in [6.07, 6.45) is 1.02. The highest BCUT2D eigenvalue weighted by Crippen LogP contribution is 2.16. The predicted octanol–water partition coefficient (Wildman–Crippen LogP) is 3.15. The molecule has 0 spiro atoms. The standard InChI is InChI=1S/C23H30N2O5S/c1-4-15-30-20-9-7-19(8-10-20)21(26)11-12-23(27)24-13-14-25-31(28,29)22-16-17(2)5-6-18(22)3/h5-10,16,25H,4,11-15H2,1-3H3,(H,24,27). The summed E-state index contributed by atoms with van der Waals surface area (Å²) < 4.78 is 32.8. The van der Waals surface area contributed by atoms with Crippen molar-refractivity contribution in [2.75, 3.05) is 19.7 Å². The summed E-state index contributed by atoms with van der Waals surface area (Å²) in [6, 6.07) is 12.1. The Balaban J connectivity index is 1.73. The number of nitrogens with one attached hydrogen (secondary N) is 2. The molecule has 0 saturated heterocycles. The van der Waals surface area contributed by atoms with E-state index in [2.05, 4.69) is 10.0 Å². The molecule has 0 aliphatic rings. The van der Waals surface area contributed by atoms with Gasteiger partial charge in [-0.3, -0.25) is 9.59 Å². The number of carbonyl (C=O) groups excluding carboxylic acids is 2. The van der Waals surface area contributed by atoms with Gasteiger partial charge in [-0.2, -0.15) is 0 Å². The minimum atomic E-state index is -3.65. The highest BCUT2D eigenvalue weighted by Gasteiger charge is 2.16. The van der Waals surface area contributed by atoms with Crippen molar-refractivity contribution >= 4 is 21.7 Å². The highest BCUT2D eigenvalue weighted by atomic mass is 32.2. The monoisotopic (exact) mass is 446 g/mol. The third-order valence-electron chi connectivity index (χ3n) is 4.60. The van der Waals surface area contributed by atoms with Gasteiger partial charge in [-0.25, -0.2) is 13.1 Å². The number of ketones is 1. The van der Waals surface area contributed by atoms with E-state index in [0.29, 0.717) is 23.5 Å². The zero-order chi connectivity index (χ0) is 22.9. The van der Waals surface area contributed by atoms with Crippen LogP contribution in [-0.2, 0) is 14.8 Å². The molecule has 0 fully saturated rings. The molecule has 2 aromatic carbocycles. The number of aryl methyl sites for hydroxylation is 2. The second-order valence-electron chi connectivity index (χ2n) is 7.31. The van der Waals surface area contributed by atoms with Gasteiger partial charge in [0.15, 0.2) is 5.78 Å². The zero-order valence-electron chi connectivity index (χ0n) is 18.2. The highest BCUT2D eigenvalue weighted by molar-refractivity contribution is 7.89. The van der Waals surface area contributed by atoms with Gasteiger partial charge in [-0.1, -0.05) is 19.1 Å². The van der Waals surface area contributed by atoms with E-state index in [-0.39, 0.29) is 42.5 Å². The Morgan fingerprint density at radius 3 is 2.35 bits per heavy atom. The molecule has 0 aliphatic carbocycles. The lowest BCUT2D eigenvalue weighted by molar-refractivity contribution is -0.121. The van der Waals surface area contributed by atoms with E-state index < -0.39 is 10.0 Å². The molecule has 7 nitrogen and oxygen atoms in total. The fraction of sp³-hybridized carbons (Fsp3) is 0.391. The fourth-order valence-corrected chi connectivity index (χ4v) is 4.24. The van der Waals surface area contributed by atoms with Crippen LogP contribution in [0.3, 0.4) is 0 Å². The first-order valence-corrected chi connectivity index (χ1v) is 11.8. The maximum atomic E-state index is 12.4. The van der Waals surface area contributed by atoms with Crippen LogP contribution in [0.2, 0.25) is 0 Å². The van der Waals surface area contributed by atoms with Gasteiger partial charge in [-0.05, 0) is 61.7 Å². The summed E-state index contributed by atoms with van der Waals surface area (Å²) in [5.74, 6) is 0.273. The Hall–Kier alpha value is -2.71. The van der Waals surface area contributed by atoms with Gasteiger partial charge < -0.3 is 10.1 Å². The summed E-state index contributed by atoms with van der Waals surface area (Å²) in [7, 11) is -3.65. The second kappa shape index (κ2) is 11.6. The molecule has 31 heavy (non-hydrogen) atoms. The molecular weight excluding hydrogens is 416 g/mol. The van der Waals surface area contributed by atoms with E-state index in [4.69, 9.17) is 4.74 Å². The minimum absolute atomic E-state index is 0.0384. The zero-order valence-corrected chi connectivity index (χ0v) is 19.1. The molecule has 2 rings (SSSR count). The lowest BCUT2D eigenvalue weighted by Gasteiger charge is -2.11. The molecular formula is C23H30N2O5S.